The van der Waals surface area contributed by atoms with E-state index in [1.165, 1.54) is 11.1 Å². The van der Waals surface area contributed by atoms with Crippen molar-refractivity contribution in [2.75, 3.05) is 0 Å². The fourth-order valence-corrected chi connectivity index (χ4v) is 1.58. The van der Waals surface area contributed by atoms with Gasteiger partial charge in [0.15, 0.2) is 0 Å². The summed E-state index contributed by atoms with van der Waals surface area (Å²) in [6, 6.07) is 21.2. The molecule has 2 rings (SSSR count). The minimum Gasteiger partial charge on any atom is -0.465 e. The normalized spacial score (nSPS) is 8.63. The van der Waals surface area contributed by atoms with Crippen molar-refractivity contribution in [2.45, 2.75) is 12.8 Å². The molecular weight excluding hydrogens is 292 g/mol. The number of rotatable bonds is 3. The van der Waals surface area contributed by atoms with Gasteiger partial charge in [0.25, 0.3) is 0 Å². The molecule has 1 amide bonds. The summed E-state index contributed by atoms with van der Waals surface area (Å²) in [5, 5.41) is 7.19. The Morgan fingerprint density at radius 1 is 0.842 bits per heavy atom. The molecule has 2 aromatic carbocycles. The van der Waals surface area contributed by atoms with Crippen LogP contribution in [0, 0.1) is 0 Å². The molecule has 96 valence electrons. The summed E-state index contributed by atoms with van der Waals surface area (Å²) in [6.45, 7) is 0. The number of carbonyl (C=O) groups is 1. The van der Waals surface area contributed by atoms with Gasteiger partial charge < -0.3 is 10.8 Å². The van der Waals surface area contributed by atoms with E-state index in [2.05, 4.69) is 66.4 Å². The second kappa shape index (κ2) is 10.3. The van der Waals surface area contributed by atoms with Crippen molar-refractivity contribution < 1.29 is 29.4 Å². The van der Waals surface area contributed by atoms with Crippen LogP contribution < -0.4 is 5.73 Å². The topological polar surface area (TPSA) is 63.3 Å². The molecule has 0 fully saturated rings. The average molecular weight is 309 g/mol. The second-order valence-corrected chi connectivity index (χ2v) is 3.81. The molecule has 0 radical (unpaired) electrons. The van der Waals surface area contributed by atoms with Crippen LogP contribution in [0.3, 0.4) is 0 Å². The first kappa shape index (κ1) is 17.3. The minimum atomic E-state index is -1.33. The summed E-state index contributed by atoms with van der Waals surface area (Å²) in [7, 11) is 0. The molecule has 0 aliphatic heterocycles. The maximum absolute atomic E-state index is 8.78. The molecule has 0 aliphatic rings. The predicted octanol–water partition coefficient (Wildman–Crippen LogP) is 3.09. The summed E-state index contributed by atoms with van der Waals surface area (Å²) < 4.78 is 0. The molecule has 0 heterocycles. The van der Waals surface area contributed by atoms with E-state index in [0.29, 0.717) is 0 Å². The zero-order valence-electron chi connectivity index (χ0n) is 10.8. The molecule has 0 bridgehead atoms. The Kier molecular flexibility index (Phi) is 9.37. The number of hydrogen-bond donors (Lipinski definition) is 2. The van der Waals surface area contributed by atoms with Gasteiger partial charge in [-0.3, -0.25) is 0 Å². The summed E-state index contributed by atoms with van der Waals surface area (Å²) in [4.78, 5) is 8.78. The van der Waals surface area contributed by atoms with E-state index in [1.54, 1.807) is 0 Å². The van der Waals surface area contributed by atoms with E-state index in [-0.39, 0.29) is 19.5 Å². The summed E-state index contributed by atoms with van der Waals surface area (Å²) >= 11 is 0. The van der Waals surface area contributed by atoms with Gasteiger partial charge in [0.05, 0.1) is 0 Å². The van der Waals surface area contributed by atoms with Crippen molar-refractivity contribution in [2.24, 2.45) is 5.73 Å². The molecule has 0 spiro atoms. The molecule has 19 heavy (non-hydrogen) atoms. The fraction of sp³-hybridized carbons (Fsp3) is 0.133. The van der Waals surface area contributed by atoms with Crippen LogP contribution >= 0.6 is 0 Å². The van der Waals surface area contributed by atoms with Gasteiger partial charge in [-0.25, -0.2) is 4.79 Å². The van der Waals surface area contributed by atoms with Gasteiger partial charge in [-0.15, -0.1) is 0 Å². The van der Waals surface area contributed by atoms with Gasteiger partial charge in [-0.1, -0.05) is 60.7 Å². The van der Waals surface area contributed by atoms with Crippen LogP contribution in [-0.2, 0) is 32.3 Å². The molecule has 0 aromatic heterocycles. The summed E-state index contributed by atoms with van der Waals surface area (Å²) in [5.74, 6) is 0. The number of amides is 1. The Hall–Kier alpha value is -1.67. The molecule has 3 N–H and O–H groups in total. The van der Waals surface area contributed by atoms with E-state index in [1.807, 2.05) is 0 Å². The first-order chi connectivity index (χ1) is 8.68. The van der Waals surface area contributed by atoms with Crippen molar-refractivity contribution in [1.82, 2.24) is 0 Å². The van der Waals surface area contributed by atoms with Crippen LogP contribution in [0.1, 0.15) is 11.1 Å². The van der Waals surface area contributed by atoms with Crippen molar-refractivity contribution in [3.05, 3.63) is 71.8 Å². The van der Waals surface area contributed by atoms with E-state index in [9.17, 15) is 0 Å². The van der Waals surface area contributed by atoms with Crippen LogP contribution in [-0.4, -0.2) is 11.2 Å². The SMILES string of the molecule is NC(=O)O.[Zn].c1ccc(CCc2ccccc2)cc1. The zero-order chi connectivity index (χ0) is 13.2. The Balaban J connectivity index is 0.000000576. The number of benzene rings is 2. The molecule has 0 unspecified atom stereocenters. The number of primary amides is 1. The molecule has 0 saturated carbocycles. The maximum atomic E-state index is 8.78. The standard InChI is InChI=1S/C14H14.CH3NO2.Zn/c1-3-7-13(8-4-1)11-12-14-9-5-2-6-10-14;2-1(3)4;/h1-10H,11-12H2;2H2,(H,3,4);. The number of carboxylic acid groups (broad SMARTS) is 1. The van der Waals surface area contributed by atoms with Crippen molar-refractivity contribution >= 4 is 6.09 Å². The Morgan fingerprint density at radius 2 is 1.11 bits per heavy atom. The Morgan fingerprint density at radius 3 is 1.37 bits per heavy atom. The minimum absolute atomic E-state index is 0. The molecule has 4 heteroatoms. The van der Waals surface area contributed by atoms with E-state index in [4.69, 9.17) is 9.90 Å². The van der Waals surface area contributed by atoms with Crippen molar-refractivity contribution in [1.29, 1.82) is 0 Å². The molecular formula is C15H17NO2Zn. The smallest absolute Gasteiger partial charge is 0.402 e. The monoisotopic (exact) mass is 307 g/mol. The summed E-state index contributed by atoms with van der Waals surface area (Å²) in [6.07, 6.45) is 0.926. The third-order valence-electron chi connectivity index (χ3n) is 2.39. The average Bonchev–Trinajstić information content (AvgIpc) is 2.38. The van der Waals surface area contributed by atoms with E-state index in [0.717, 1.165) is 12.8 Å². The van der Waals surface area contributed by atoms with Crippen molar-refractivity contribution in [3.63, 3.8) is 0 Å². The molecule has 0 atom stereocenters. The largest absolute Gasteiger partial charge is 0.465 e. The second-order valence-electron chi connectivity index (χ2n) is 3.81. The Bertz CT molecular complexity index is 417. The first-order valence-corrected chi connectivity index (χ1v) is 5.74. The van der Waals surface area contributed by atoms with E-state index < -0.39 is 6.09 Å². The van der Waals surface area contributed by atoms with Crippen LogP contribution in [0.4, 0.5) is 4.79 Å². The van der Waals surface area contributed by atoms with Gasteiger partial charge in [0, 0.05) is 19.5 Å². The first-order valence-electron chi connectivity index (χ1n) is 5.74. The van der Waals surface area contributed by atoms with Crippen LogP contribution in [0.2, 0.25) is 0 Å². The number of nitrogens with two attached hydrogens (primary N) is 1. The van der Waals surface area contributed by atoms with Crippen LogP contribution in [0.15, 0.2) is 60.7 Å². The molecule has 0 saturated heterocycles. The molecule has 2 aromatic rings. The molecule has 0 aliphatic carbocycles. The maximum Gasteiger partial charge on any atom is 0.402 e. The van der Waals surface area contributed by atoms with Crippen LogP contribution in [0.5, 0.6) is 0 Å². The van der Waals surface area contributed by atoms with Gasteiger partial charge in [0.2, 0.25) is 0 Å². The molecule has 3 nitrogen and oxygen atoms in total. The quantitative estimate of drug-likeness (QED) is 0.856. The third-order valence-corrected chi connectivity index (χ3v) is 2.39. The van der Waals surface area contributed by atoms with Crippen molar-refractivity contribution in [3.8, 4) is 0 Å². The Labute approximate surface area is 126 Å². The number of aryl methyl sites for hydroxylation is 2. The van der Waals surface area contributed by atoms with Gasteiger partial charge in [-0.05, 0) is 24.0 Å². The van der Waals surface area contributed by atoms with Gasteiger partial charge in [-0.2, -0.15) is 0 Å². The summed E-state index contributed by atoms with van der Waals surface area (Å²) in [5.41, 5.74) is 6.85. The third kappa shape index (κ3) is 8.98. The van der Waals surface area contributed by atoms with E-state index >= 15 is 0 Å². The predicted molar refractivity (Wildman–Crippen MR) is 72.5 cm³/mol. The fourth-order valence-electron chi connectivity index (χ4n) is 1.58. The number of hydrogen-bond acceptors (Lipinski definition) is 1. The van der Waals surface area contributed by atoms with Crippen LogP contribution in [0.25, 0.3) is 0 Å². The van der Waals surface area contributed by atoms with Gasteiger partial charge >= 0.3 is 6.09 Å². The zero-order valence-corrected chi connectivity index (χ0v) is 13.8. The van der Waals surface area contributed by atoms with Gasteiger partial charge in [0.1, 0.15) is 0 Å².